The molecular formula is C17H20N2S. The van der Waals surface area contributed by atoms with Crippen molar-refractivity contribution in [3.63, 3.8) is 0 Å². The number of rotatable bonds is 3. The van der Waals surface area contributed by atoms with Gasteiger partial charge in [0.15, 0.2) is 0 Å². The van der Waals surface area contributed by atoms with Crippen molar-refractivity contribution in [3.05, 3.63) is 42.0 Å². The molecule has 0 saturated heterocycles. The van der Waals surface area contributed by atoms with Gasteiger partial charge in [-0.1, -0.05) is 43.5 Å². The number of fused-ring (bicyclic) bond motifs is 1. The standard InChI is InChI=1S/C17H20N2S/c18-17(19)15-10-11-16(14-9-5-4-8-13(14)15)20-12-6-2-1-3-7-12/h4-5,8-12H,1-3,6-7H2,(H3,18,19). The second-order valence-corrected chi connectivity index (χ2v) is 6.79. The van der Waals surface area contributed by atoms with Crippen LogP contribution in [0.3, 0.4) is 0 Å². The SMILES string of the molecule is N=C(N)c1ccc(SC2CCCCC2)c2ccccc12. The Hall–Kier alpha value is -1.48. The van der Waals surface area contributed by atoms with Crippen molar-refractivity contribution in [2.45, 2.75) is 42.2 Å². The van der Waals surface area contributed by atoms with Crippen LogP contribution in [0.15, 0.2) is 41.3 Å². The molecule has 0 bridgehead atoms. The molecule has 1 saturated carbocycles. The third-order valence-corrected chi connectivity index (χ3v) is 5.43. The van der Waals surface area contributed by atoms with Gasteiger partial charge in [0.05, 0.1) is 0 Å². The summed E-state index contributed by atoms with van der Waals surface area (Å²) in [6.45, 7) is 0. The van der Waals surface area contributed by atoms with E-state index in [0.29, 0.717) is 0 Å². The molecule has 20 heavy (non-hydrogen) atoms. The van der Waals surface area contributed by atoms with Gasteiger partial charge < -0.3 is 5.73 Å². The van der Waals surface area contributed by atoms with Crippen LogP contribution in [0, 0.1) is 5.41 Å². The molecule has 0 aliphatic heterocycles. The van der Waals surface area contributed by atoms with Gasteiger partial charge in [0.2, 0.25) is 0 Å². The molecule has 0 atom stereocenters. The van der Waals surface area contributed by atoms with Crippen LogP contribution >= 0.6 is 11.8 Å². The summed E-state index contributed by atoms with van der Waals surface area (Å²) >= 11 is 2.00. The van der Waals surface area contributed by atoms with Gasteiger partial charge in [-0.05, 0) is 35.7 Å². The molecule has 1 fully saturated rings. The lowest BCUT2D eigenvalue weighted by Crippen LogP contribution is -2.12. The average molecular weight is 284 g/mol. The Bertz CT molecular complexity index is 630. The first-order chi connectivity index (χ1) is 9.75. The topological polar surface area (TPSA) is 49.9 Å². The summed E-state index contributed by atoms with van der Waals surface area (Å²) in [4.78, 5) is 1.33. The van der Waals surface area contributed by atoms with E-state index in [2.05, 4.69) is 24.3 Å². The number of amidine groups is 1. The summed E-state index contributed by atoms with van der Waals surface area (Å²) in [5.74, 6) is 0.149. The minimum absolute atomic E-state index is 0.149. The van der Waals surface area contributed by atoms with E-state index in [1.54, 1.807) is 0 Å². The van der Waals surface area contributed by atoms with Crippen molar-refractivity contribution in [1.82, 2.24) is 0 Å². The lowest BCUT2D eigenvalue weighted by atomic mass is 10.0. The van der Waals surface area contributed by atoms with Crippen molar-refractivity contribution < 1.29 is 0 Å². The Morgan fingerprint density at radius 1 is 1.00 bits per heavy atom. The Labute approximate surface area is 124 Å². The maximum absolute atomic E-state index is 7.71. The van der Waals surface area contributed by atoms with Crippen molar-refractivity contribution in [2.24, 2.45) is 5.73 Å². The Morgan fingerprint density at radius 2 is 1.70 bits per heavy atom. The number of nitrogen functional groups attached to an aromatic ring is 1. The van der Waals surface area contributed by atoms with Gasteiger partial charge in [0, 0.05) is 15.7 Å². The molecule has 0 aromatic heterocycles. The molecule has 2 nitrogen and oxygen atoms in total. The molecule has 0 heterocycles. The van der Waals surface area contributed by atoms with E-state index >= 15 is 0 Å². The van der Waals surface area contributed by atoms with Crippen LogP contribution in [0.25, 0.3) is 10.8 Å². The first-order valence-electron chi connectivity index (χ1n) is 7.28. The van der Waals surface area contributed by atoms with Crippen LogP contribution in [0.5, 0.6) is 0 Å². The number of nitrogens with two attached hydrogens (primary N) is 1. The highest BCUT2D eigenvalue weighted by Gasteiger charge is 2.16. The number of benzene rings is 2. The Balaban J connectivity index is 1.99. The fourth-order valence-electron chi connectivity index (χ4n) is 2.97. The summed E-state index contributed by atoms with van der Waals surface area (Å²) in [5, 5.41) is 10.8. The lowest BCUT2D eigenvalue weighted by molar-refractivity contribution is 0.516. The predicted octanol–water partition coefficient (Wildman–Crippen LogP) is 4.55. The summed E-state index contributed by atoms with van der Waals surface area (Å²) in [6.07, 6.45) is 6.77. The van der Waals surface area contributed by atoms with Crippen LogP contribution < -0.4 is 5.73 Å². The molecule has 0 spiro atoms. The molecule has 1 aliphatic carbocycles. The van der Waals surface area contributed by atoms with E-state index in [1.165, 1.54) is 42.4 Å². The van der Waals surface area contributed by atoms with Gasteiger partial charge in [-0.25, -0.2) is 0 Å². The van der Waals surface area contributed by atoms with E-state index < -0.39 is 0 Å². The predicted molar refractivity (Wildman–Crippen MR) is 87.7 cm³/mol. The summed E-state index contributed by atoms with van der Waals surface area (Å²) in [6, 6.07) is 12.4. The summed E-state index contributed by atoms with van der Waals surface area (Å²) < 4.78 is 0. The Morgan fingerprint density at radius 3 is 2.40 bits per heavy atom. The van der Waals surface area contributed by atoms with Crippen LogP contribution in [0.4, 0.5) is 0 Å². The molecule has 3 heteroatoms. The highest BCUT2D eigenvalue weighted by Crippen LogP contribution is 2.37. The third-order valence-electron chi connectivity index (χ3n) is 4.02. The quantitative estimate of drug-likeness (QED) is 0.641. The lowest BCUT2D eigenvalue weighted by Gasteiger charge is -2.22. The normalized spacial score (nSPS) is 16.4. The van der Waals surface area contributed by atoms with Crippen LogP contribution in [0.1, 0.15) is 37.7 Å². The van der Waals surface area contributed by atoms with E-state index in [4.69, 9.17) is 11.1 Å². The number of nitrogens with one attached hydrogen (secondary N) is 1. The maximum atomic E-state index is 7.71. The molecule has 0 unspecified atom stereocenters. The van der Waals surface area contributed by atoms with Gasteiger partial charge >= 0.3 is 0 Å². The minimum atomic E-state index is 0.149. The number of thioether (sulfide) groups is 1. The number of hydrogen-bond acceptors (Lipinski definition) is 2. The van der Waals surface area contributed by atoms with E-state index in [-0.39, 0.29) is 5.84 Å². The molecule has 0 amide bonds. The molecule has 2 aromatic rings. The van der Waals surface area contributed by atoms with Crippen molar-refractivity contribution in [1.29, 1.82) is 5.41 Å². The zero-order chi connectivity index (χ0) is 13.9. The van der Waals surface area contributed by atoms with Gasteiger partial charge in [-0.2, -0.15) is 0 Å². The molecule has 3 rings (SSSR count). The average Bonchev–Trinajstić information content (AvgIpc) is 2.48. The third kappa shape index (κ3) is 2.68. The van der Waals surface area contributed by atoms with Gasteiger partial charge in [0.25, 0.3) is 0 Å². The maximum Gasteiger partial charge on any atom is 0.123 e. The van der Waals surface area contributed by atoms with Gasteiger partial charge in [-0.15, -0.1) is 11.8 Å². The van der Waals surface area contributed by atoms with Crippen LogP contribution in [-0.4, -0.2) is 11.1 Å². The summed E-state index contributed by atoms with van der Waals surface area (Å²) in [7, 11) is 0. The minimum Gasteiger partial charge on any atom is -0.384 e. The fraction of sp³-hybridized carbons (Fsp3) is 0.353. The molecule has 1 aliphatic rings. The zero-order valence-electron chi connectivity index (χ0n) is 11.6. The molecule has 3 N–H and O–H groups in total. The highest BCUT2D eigenvalue weighted by atomic mass is 32.2. The van der Waals surface area contributed by atoms with Crippen molar-refractivity contribution in [3.8, 4) is 0 Å². The number of hydrogen-bond donors (Lipinski definition) is 2. The van der Waals surface area contributed by atoms with Crippen molar-refractivity contribution in [2.75, 3.05) is 0 Å². The van der Waals surface area contributed by atoms with E-state index in [1.807, 2.05) is 23.9 Å². The highest BCUT2D eigenvalue weighted by molar-refractivity contribution is 8.00. The van der Waals surface area contributed by atoms with E-state index in [9.17, 15) is 0 Å². The molecule has 104 valence electrons. The fourth-order valence-corrected chi connectivity index (χ4v) is 4.35. The second-order valence-electron chi connectivity index (χ2n) is 5.45. The monoisotopic (exact) mass is 284 g/mol. The molecule has 0 radical (unpaired) electrons. The molecule has 2 aromatic carbocycles. The zero-order valence-corrected chi connectivity index (χ0v) is 12.4. The van der Waals surface area contributed by atoms with Crippen LogP contribution in [0.2, 0.25) is 0 Å². The second kappa shape index (κ2) is 5.88. The van der Waals surface area contributed by atoms with Crippen LogP contribution in [-0.2, 0) is 0 Å². The molecular weight excluding hydrogens is 264 g/mol. The van der Waals surface area contributed by atoms with E-state index in [0.717, 1.165) is 16.2 Å². The first kappa shape index (κ1) is 13.5. The van der Waals surface area contributed by atoms with Gasteiger partial charge in [0.1, 0.15) is 5.84 Å². The Kier molecular flexibility index (Phi) is 3.97. The first-order valence-corrected chi connectivity index (χ1v) is 8.16. The smallest absolute Gasteiger partial charge is 0.123 e. The van der Waals surface area contributed by atoms with Gasteiger partial charge in [-0.3, -0.25) is 5.41 Å². The van der Waals surface area contributed by atoms with Crippen molar-refractivity contribution >= 4 is 28.4 Å². The largest absolute Gasteiger partial charge is 0.384 e. The summed E-state index contributed by atoms with van der Waals surface area (Å²) in [5.41, 5.74) is 6.53.